The van der Waals surface area contributed by atoms with E-state index in [1.165, 1.54) is 6.20 Å². The third-order valence-electron chi connectivity index (χ3n) is 2.80. The Kier molecular flexibility index (Phi) is 5.47. The van der Waals surface area contributed by atoms with Gasteiger partial charge in [0.05, 0.1) is 12.2 Å². The largest absolute Gasteiger partial charge is 0.345 e. The fourth-order valence-electron chi connectivity index (χ4n) is 1.72. The quantitative estimate of drug-likeness (QED) is 0.680. The number of amides is 2. The Morgan fingerprint density at radius 1 is 1.13 bits per heavy atom. The summed E-state index contributed by atoms with van der Waals surface area (Å²) in [4.78, 5) is 47.9. The Morgan fingerprint density at radius 2 is 1.87 bits per heavy atom. The molecule has 0 unspecified atom stereocenters. The maximum absolute atomic E-state index is 11.8. The molecule has 0 saturated heterocycles. The van der Waals surface area contributed by atoms with Crippen LogP contribution >= 0.6 is 15.9 Å². The van der Waals surface area contributed by atoms with Gasteiger partial charge in [0.1, 0.15) is 6.54 Å². The minimum absolute atomic E-state index is 0.238. The van der Waals surface area contributed by atoms with E-state index >= 15 is 0 Å². The Hall–Kier alpha value is -2.68. The highest BCUT2D eigenvalue weighted by Crippen LogP contribution is 2.20. The van der Waals surface area contributed by atoms with E-state index in [0.717, 1.165) is 15.1 Å². The average molecular weight is 381 g/mol. The van der Waals surface area contributed by atoms with Gasteiger partial charge in [0.2, 0.25) is 11.8 Å². The molecule has 0 aliphatic rings. The number of nitrogens with zero attached hydrogens (tertiary/aromatic N) is 1. The lowest BCUT2D eigenvalue weighted by Gasteiger charge is -2.09. The highest BCUT2D eigenvalue weighted by Gasteiger charge is 2.09. The Labute approximate surface area is 138 Å². The summed E-state index contributed by atoms with van der Waals surface area (Å²) in [5.74, 6) is -0.930. The number of hydrogen-bond donors (Lipinski definition) is 3. The lowest BCUT2D eigenvalue weighted by Crippen LogP contribution is -2.38. The second-order valence-corrected chi connectivity index (χ2v) is 5.40. The summed E-state index contributed by atoms with van der Waals surface area (Å²) >= 11 is 3.29. The number of carbonyl (C=O) groups excluding carboxylic acids is 2. The second kappa shape index (κ2) is 7.54. The standard InChI is InChI=1S/C14H13BrN4O4/c15-9-3-1-2-4-10(9)17-12(21)7-16-13(22)8-19-6-5-11(20)18-14(19)23/h1-6H,7-8H2,(H,16,22)(H,17,21)(H,18,20,23). The third kappa shape index (κ3) is 4.92. The summed E-state index contributed by atoms with van der Waals surface area (Å²) in [5, 5.41) is 5.03. The van der Waals surface area contributed by atoms with Crippen LogP contribution in [0.3, 0.4) is 0 Å². The van der Waals surface area contributed by atoms with Gasteiger partial charge in [-0.15, -0.1) is 0 Å². The average Bonchev–Trinajstić information content (AvgIpc) is 2.50. The summed E-state index contributed by atoms with van der Waals surface area (Å²) < 4.78 is 1.75. The van der Waals surface area contributed by atoms with E-state index in [1.54, 1.807) is 18.2 Å². The van der Waals surface area contributed by atoms with Crippen LogP contribution in [0.15, 0.2) is 50.6 Å². The third-order valence-corrected chi connectivity index (χ3v) is 3.50. The van der Waals surface area contributed by atoms with Crippen molar-refractivity contribution >= 4 is 33.4 Å². The molecule has 23 heavy (non-hydrogen) atoms. The van der Waals surface area contributed by atoms with E-state index in [-0.39, 0.29) is 13.1 Å². The number of nitrogens with one attached hydrogen (secondary N) is 3. The van der Waals surface area contributed by atoms with Crippen molar-refractivity contribution in [1.29, 1.82) is 0 Å². The number of benzene rings is 1. The van der Waals surface area contributed by atoms with E-state index in [2.05, 4.69) is 26.6 Å². The molecule has 0 aliphatic carbocycles. The number of aromatic nitrogens is 2. The number of H-pyrrole nitrogens is 1. The first-order valence-electron chi connectivity index (χ1n) is 6.56. The minimum Gasteiger partial charge on any atom is -0.345 e. The van der Waals surface area contributed by atoms with Crippen LogP contribution in [-0.4, -0.2) is 27.9 Å². The van der Waals surface area contributed by atoms with Crippen LogP contribution in [0.1, 0.15) is 0 Å². The molecule has 0 saturated carbocycles. The molecule has 2 rings (SSSR count). The number of carbonyl (C=O) groups is 2. The van der Waals surface area contributed by atoms with E-state index in [4.69, 9.17) is 0 Å². The van der Waals surface area contributed by atoms with Gasteiger partial charge in [0.15, 0.2) is 0 Å². The van der Waals surface area contributed by atoms with Crippen LogP contribution in [0.5, 0.6) is 0 Å². The SMILES string of the molecule is O=C(Cn1ccc(=O)[nH]c1=O)NCC(=O)Nc1ccccc1Br. The zero-order chi connectivity index (χ0) is 16.8. The second-order valence-electron chi connectivity index (χ2n) is 4.54. The number of aromatic amines is 1. The summed E-state index contributed by atoms with van der Waals surface area (Å²) in [6, 6.07) is 8.19. The Morgan fingerprint density at radius 3 is 2.57 bits per heavy atom. The summed E-state index contributed by atoms with van der Waals surface area (Å²) in [7, 11) is 0. The highest BCUT2D eigenvalue weighted by atomic mass is 79.9. The van der Waals surface area contributed by atoms with Crippen LogP contribution in [0, 0.1) is 0 Å². The molecule has 0 fully saturated rings. The molecule has 0 aliphatic heterocycles. The van der Waals surface area contributed by atoms with E-state index in [0.29, 0.717) is 5.69 Å². The zero-order valence-electron chi connectivity index (χ0n) is 11.8. The fourth-order valence-corrected chi connectivity index (χ4v) is 2.10. The maximum Gasteiger partial charge on any atom is 0.328 e. The first-order valence-corrected chi connectivity index (χ1v) is 7.36. The van der Waals surface area contributed by atoms with Crippen molar-refractivity contribution in [3.8, 4) is 0 Å². The normalized spacial score (nSPS) is 10.1. The lowest BCUT2D eigenvalue weighted by molar-refractivity contribution is -0.124. The van der Waals surface area contributed by atoms with Gasteiger partial charge in [-0.05, 0) is 28.1 Å². The first kappa shape index (κ1) is 16.7. The lowest BCUT2D eigenvalue weighted by atomic mass is 10.3. The maximum atomic E-state index is 11.8. The van der Waals surface area contributed by atoms with Crippen LogP contribution in [0.2, 0.25) is 0 Å². The first-order chi connectivity index (χ1) is 11.0. The smallest absolute Gasteiger partial charge is 0.328 e. The fraction of sp³-hybridized carbons (Fsp3) is 0.143. The van der Waals surface area contributed by atoms with Crippen molar-refractivity contribution in [1.82, 2.24) is 14.9 Å². The monoisotopic (exact) mass is 380 g/mol. The Bertz CT molecular complexity index is 843. The summed E-state index contributed by atoms with van der Waals surface area (Å²) in [5.41, 5.74) is -0.645. The molecule has 3 N–H and O–H groups in total. The van der Waals surface area contributed by atoms with Crippen LogP contribution < -0.4 is 21.9 Å². The van der Waals surface area contributed by atoms with Crippen molar-refractivity contribution in [2.45, 2.75) is 6.54 Å². The summed E-state index contributed by atoms with van der Waals surface area (Å²) in [6.07, 6.45) is 1.21. The van der Waals surface area contributed by atoms with Crippen molar-refractivity contribution in [2.75, 3.05) is 11.9 Å². The van der Waals surface area contributed by atoms with Crippen LogP contribution in [-0.2, 0) is 16.1 Å². The van der Waals surface area contributed by atoms with Crippen LogP contribution in [0.25, 0.3) is 0 Å². The number of halogens is 1. The van der Waals surface area contributed by atoms with Gasteiger partial charge in [-0.25, -0.2) is 4.79 Å². The molecular formula is C14H13BrN4O4. The van der Waals surface area contributed by atoms with Crippen molar-refractivity contribution in [3.63, 3.8) is 0 Å². The molecule has 0 spiro atoms. The molecule has 0 radical (unpaired) electrons. The molecule has 1 aromatic carbocycles. The van der Waals surface area contributed by atoms with Gasteiger partial charge in [-0.3, -0.25) is 23.9 Å². The molecule has 1 heterocycles. The molecule has 2 amide bonds. The summed E-state index contributed by atoms with van der Waals surface area (Å²) in [6.45, 7) is -0.532. The van der Waals surface area contributed by atoms with Crippen molar-refractivity contribution in [2.24, 2.45) is 0 Å². The van der Waals surface area contributed by atoms with Gasteiger partial charge < -0.3 is 10.6 Å². The van der Waals surface area contributed by atoms with Gasteiger partial charge in [0.25, 0.3) is 5.56 Å². The highest BCUT2D eigenvalue weighted by molar-refractivity contribution is 9.10. The molecule has 1 aromatic heterocycles. The minimum atomic E-state index is -0.690. The van der Waals surface area contributed by atoms with Crippen LogP contribution in [0.4, 0.5) is 5.69 Å². The van der Waals surface area contributed by atoms with E-state index in [9.17, 15) is 19.2 Å². The van der Waals surface area contributed by atoms with Crippen molar-refractivity contribution < 1.29 is 9.59 Å². The molecule has 9 heteroatoms. The van der Waals surface area contributed by atoms with E-state index in [1.807, 2.05) is 11.1 Å². The van der Waals surface area contributed by atoms with Gasteiger partial charge in [0, 0.05) is 16.7 Å². The predicted octanol–water partition coefficient (Wildman–Crippen LogP) is 0.0540. The van der Waals surface area contributed by atoms with Gasteiger partial charge >= 0.3 is 5.69 Å². The van der Waals surface area contributed by atoms with Gasteiger partial charge in [-0.1, -0.05) is 12.1 Å². The van der Waals surface area contributed by atoms with E-state index < -0.39 is 23.1 Å². The number of para-hydroxylation sites is 1. The topological polar surface area (TPSA) is 113 Å². The number of rotatable bonds is 5. The molecule has 2 aromatic rings. The molecular weight excluding hydrogens is 368 g/mol. The number of anilines is 1. The molecule has 120 valence electrons. The Balaban J connectivity index is 1.87. The predicted molar refractivity (Wildman–Crippen MR) is 87.1 cm³/mol. The molecule has 0 bridgehead atoms. The van der Waals surface area contributed by atoms with Crippen molar-refractivity contribution in [3.05, 3.63) is 61.8 Å². The molecule has 8 nitrogen and oxygen atoms in total. The molecule has 0 atom stereocenters. The number of hydrogen-bond acceptors (Lipinski definition) is 4. The van der Waals surface area contributed by atoms with Gasteiger partial charge in [-0.2, -0.15) is 0 Å². The zero-order valence-corrected chi connectivity index (χ0v) is 13.4.